The van der Waals surface area contributed by atoms with E-state index in [1.165, 1.54) is 10.9 Å². The maximum absolute atomic E-state index is 4.90. The van der Waals surface area contributed by atoms with Gasteiger partial charge in [0.1, 0.15) is 11.6 Å². The number of hydrogen-bond donors (Lipinski definition) is 0. The summed E-state index contributed by atoms with van der Waals surface area (Å²) in [7, 11) is 0. The summed E-state index contributed by atoms with van der Waals surface area (Å²) >= 11 is 0. The molecule has 0 aliphatic carbocycles. The van der Waals surface area contributed by atoms with E-state index in [0.717, 1.165) is 49.6 Å². The molecule has 1 aromatic carbocycles. The molecule has 5 rings (SSSR count). The van der Waals surface area contributed by atoms with Crippen LogP contribution in [0.4, 0.5) is 5.82 Å². The van der Waals surface area contributed by atoms with Gasteiger partial charge in [0.25, 0.3) is 0 Å². The molecule has 28 heavy (non-hydrogen) atoms. The largest absolute Gasteiger partial charge is 0.356 e. The fourth-order valence-corrected chi connectivity index (χ4v) is 4.13. The number of fused-ring (bicyclic) bond motifs is 1. The van der Waals surface area contributed by atoms with Gasteiger partial charge in [0.05, 0.1) is 12.1 Å². The third-order valence-electron chi connectivity index (χ3n) is 5.52. The summed E-state index contributed by atoms with van der Waals surface area (Å²) < 4.78 is 2.26. The predicted molar refractivity (Wildman–Crippen MR) is 111 cm³/mol. The summed E-state index contributed by atoms with van der Waals surface area (Å²) in [4.78, 5) is 16.2. The highest BCUT2D eigenvalue weighted by Gasteiger charge is 2.25. The Labute approximate surface area is 164 Å². The van der Waals surface area contributed by atoms with Gasteiger partial charge in [-0.3, -0.25) is 4.98 Å². The van der Waals surface area contributed by atoms with E-state index in [9.17, 15) is 0 Å². The lowest BCUT2D eigenvalue weighted by Crippen LogP contribution is -2.36. The van der Waals surface area contributed by atoms with E-state index >= 15 is 0 Å². The van der Waals surface area contributed by atoms with Crippen LogP contribution in [0.1, 0.15) is 30.1 Å². The highest BCUT2D eigenvalue weighted by atomic mass is 15.2. The lowest BCUT2D eigenvalue weighted by atomic mass is 9.97. The van der Waals surface area contributed by atoms with Crippen LogP contribution in [-0.4, -0.2) is 32.6 Å². The molecular formula is C23H23N5. The van der Waals surface area contributed by atoms with Crippen LogP contribution >= 0.6 is 0 Å². The van der Waals surface area contributed by atoms with Crippen molar-refractivity contribution < 1.29 is 0 Å². The third kappa shape index (κ3) is 3.36. The first kappa shape index (κ1) is 16.9. The van der Waals surface area contributed by atoms with E-state index in [2.05, 4.69) is 57.0 Å². The molecule has 0 bridgehead atoms. The van der Waals surface area contributed by atoms with E-state index in [-0.39, 0.29) is 0 Å². The van der Waals surface area contributed by atoms with Gasteiger partial charge in [-0.2, -0.15) is 0 Å². The Bertz CT molecular complexity index is 1070. The van der Waals surface area contributed by atoms with E-state index in [0.29, 0.717) is 5.92 Å². The summed E-state index contributed by atoms with van der Waals surface area (Å²) in [5.41, 5.74) is 2.26. The highest BCUT2D eigenvalue weighted by Crippen LogP contribution is 2.29. The Morgan fingerprint density at radius 2 is 1.96 bits per heavy atom. The summed E-state index contributed by atoms with van der Waals surface area (Å²) in [6.07, 6.45) is 10.0. The molecule has 3 aromatic heterocycles. The van der Waals surface area contributed by atoms with Crippen molar-refractivity contribution in [1.29, 1.82) is 0 Å². The van der Waals surface area contributed by atoms with Crippen LogP contribution < -0.4 is 4.90 Å². The van der Waals surface area contributed by atoms with Crippen LogP contribution in [0.2, 0.25) is 0 Å². The number of rotatable bonds is 4. The number of piperidine rings is 1. The van der Waals surface area contributed by atoms with Crippen LogP contribution in [0.15, 0.2) is 73.3 Å². The van der Waals surface area contributed by atoms with Gasteiger partial charge in [-0.25, -0.2) is 9.97 Å². The molecular weight excluding hydrogens is 346 g/mol. The second-order valence-corrected chi connectivity index (χ2v) is 7.42. The maximum Gasteiger partial charge on any atom is 0.129 e. The van der Waals surface area contributed by atoms with Gasteiger partial charge in [0, 0.05) is 49.2 Å². The standard InChI is InChI=1S/C23H23N5/c1-2-8-21-19(6-1)9-10-22(26-21)27-13-4-7-20(17-27)23-25-12-14-28(23)16-18-5-3-11-24-15-18/h1-3,5-6,8-12,14-15,20H,4,7,13,16-17H2. The van der Waals surface area contributed by atoms with E-state index in [1.807, 2.05) is 30.7 Å². The molecule has 0 N–H and O–H groups in total. The van der Waals surface area contributed by atoms with Crippen LogP contribution in [0, 0.1) is 0 Å². The number of anilines is 1. The number of pyridine rings is 2. The van der Waals surface area contributed by atoms with Gasteiger partial charge in [0.15, 0.2) is 0 Å². The summed E-state index contributed by atoms with van der Waals surface area (Å²) in [6.45, 7) is 2.81. The lowest BCUT2D eigenvalue weighted by Gasteiger charge is -2.33. The van der Waals surface area contributed by atoms with Crippen LogP contribution in [0.25, 0.3) is 10.9 Å². The molecule has 1 aliphatic heterocycles. The molecule has 1 fully saturated rings. The van der Waals surface area contributed by atoms with E-state index < -0.39 is 0 Å². The van der Waals surface area contributed by atoms with Crippen molar-refractivity contribution in [2.75, 3.05) is 18.0 Å². The SMILES string of the molecule is c1cncc(Cn2ccnc2C2CCCN(c3ccc4ccccc4n3)C2)c1. The minimum atomic E-state index is 0.411. The average Bonchev–Trinajstić information content (AvgIpc) is 3.22. The number of benzene rings is 1. The molecule has 4 heterocycles. The number of imidazole rings is 1. The average molecular weight is 369 g/mol. The van der Waals surface area contributed by atoms with Gasteiger partial charge in [-0.1, -0.05) is 24.3 Å². The highest BCUT2D eigenvalue weighted by molar-refractivity contribution is 5.80. The van der Waals surface area contributed by atoms with Crippen molar-refractivity contribution in [2.45, 2.75) is 25.3 Å². The van der Waals surface area contributed by atoms with Crippen LogP contribution in [-0.2, 0) is 6.54 Å². The molecule has 1 aliphatic rings. The van der Waals surface area contributed by atoms with Gasteiger partial charge in [-0.15, -0.1) is 0 Å². The third-order valence-corrected chi connectivity index (χ3v) is 5.52. The van der Waals surface area contributed by atoms with Gasteiger partial charge in [0.2, 0.25) is 0 Å². The van der Waals surface area contributed by atoms with Gasteiger partial charge < -0.3 is 9.47 Å². The molecule has 1 saturated heterocycles. The van der Waals surface area contributed by atoms with Crippen molar-refractivity contribution in [2.24, 2.45) is 0 Å². The van der Waals surface area contributed by atoms with Crippen LogP contribution in [0.5, 0.6) is 0 Å². The minimum absolute atomic E-state index is 0.411. The van der Waals surface area contributed by atoms with Crippen molar-refractivity contribution >= 4 is 16.7 Å². The quantitative estimate of drug-likeness (QED) is 0.539. The first-order valence-corrected chi connectivity index (χ1v) is 9.87. The molecule has 0 radical (unpaired) electrons. The molecule has 1 atom stereocenters. The first-order valence-electron chi connectivity index (χ1n) is 9.87. The van der Waals surface area contributed by atoms with E-state index in [1.54, 1.807) is 0 Å². The molecule has 140 valence electrons. The molecule has 0 amide bonds. The van der Waals surface area contributed by atoms with Crippen LogP contribution in [0.3, 0.4) is 0 Å². The van der Waals surface area contributed by atoms with Crippen molar-refractivity contribution in [3.8, 4) is 0 Å². The molecule has 1 unspecified atom stereocenters. The lowest BCUT2D eigenvalue weighted by molar-refractivity contribution is 0.474. The second kappa shape index (κ2) is 7.43. The zero-order chi connectivity index (χ0) is 18.8. The Morgan fingerprint density at radius 1 is 1.00 bits per heavy atom. The Hall–Kier alpha value is -3.21. The molecule has 5 nitrogen and oxygen atoms in total. The van der Waals surface area contributed by atoms with Crippen molar-refractivity contribution in [1.82, 2.24) is 19.5 Å². The second-order valence-electron chi connectivity index (χ2n) is 7.42. The Balaban J connectivity index is 1.38. The molecule has 4 aromatic rings. The zero-order valence-electron chi connectivity index (χ0n) is 15.8. The Morgan fingerprint density at radius 3 is 2.89 bits per heavy atom. The van der Waals surface area contributed by atoms with Crippen molar-refractivity contribution in [3.63, 3.8) is 0 Å². The minimum Gasteiger partial charge on any atom is -0.356 e. The smallest absolute Gasteiger partial charge is 0.129 e. The fourth-order valence-electron chi connectivity index (χ4n) is 4.13. The molecule has 0 saturated carbocycles. The fraction of sp³-hybridized carbons (Fsp3) is 0.261. The zero-order valence-corrected chi connectivity index (χ0v) is 15.8. The Kier molecular flexibility index (Phi) is 4.49. The summed E-state index contributed by atoms with van der Waals surface area (Å²) in [6, 6.07) is 16.7. The monoisotopic (exact) mass is 369 g/mol. The number of nitrogens with zero attached hydrogens (tertiary/aromatic N) is 5. The molecule has 0 spiro atoms. The summed E-state index contributed by atoms with van der Waals surface area (Å²) in [5, 5.41) is 1.19. The summed E-state index contributed by atoms with van der Waals surface area (Å²) in [5.74, 6) is 2.64. The number of para-hydroxylation sites is 1. The maximum atomic E-state index is 4.90. The van der Waals surface area contributed by atoms with E-state index in [4.69, 9.17) is 9.97 Å². The number of aromatic nitrogens is 4. The van der Waals surface area contributed by atoms with Crippen molar-refractivity contribution in [3.05, 3.63) is 84.7 Å². The number of hydrogen-bond acceptors (Lipinski definition) is 4. The van der Waals surface area contributed by atoms with Gasteiger partial charge >= 0.3 is 0 Å². The first-order chi connectivity index (χ1) is 13.9. The molecule has 5 heteroatoms. The van der Waals surface area contributed by atoms with Gasteiger partial charge in [-0.05, 0) is 42.7 Å². The topological polar surface area (TPSA) is 46.8 Å². The predicted octanol–water partition coefficient (Wildman–Crippen LogP) is 4.26. The normalized spacial score (nSPS) is 17.1.